The molecule has 3 aromatic rings. The third kappa shape index (κ3) is 4.86. The Morgan fingerprint density at radius 2 is 1.97 bits per heavy atom. The Morgan fingerprint density at radius 3 is 2.68 bits per heavy atom. The van der Waals surface area contributed by atoms with Gasteiger partial charge in [0.15, 0.2) is 11.5 Å². The molecule has 31 heavy (non-hydrogen) atoms. The van der Waals surface area contributed by atoms with Crippen molar-refractivity contribution in [2.75, 3.05) is 12.4 Å². The van der Waals surface area contributed by atoms with Gasteiger partial charge < -0.3 is 19.8 Å². The summed E-state index contributed by atoms with van der Waals surface area (Å²) in [6, 6.07) is 10.9. The summed E-state index contributed by atoms with van der Waals surface area (Å²) in [7, 11) is 1.25. The number of amides is 2. The largest absolute Gasteiger partial charge is 0.469 e. The number of hydrogen-bond donors (Lipinski definition) is 2. The van der Waals surface area contributed by atoms with Crippen molar-refractivity contribution in [3.05, 3.63) is 58.9 Å². The van der Waals surface area contributed by atoms with Crippen LogP contribution >= 0.6 is 11.6 Å². The quantitative estimate of drug-likeness (QED) is 0.445. The third-order valence-corrected chi connectivity index (χ3v) is 5.32. The monoisotopic (exact) mass is 441 g/mol. The predicted molar refractivity (Wildman–Crippen MR) is 114 cm³/mol. The van der Waals surface area contributed by atoms with Gasteiger partial charge in [0.25, 0.3) is 0 Å². The minimum atomic E-state index is -0.909. The zero-order chi connectivity index (χ0) is 22.0. The van der Waals surface area contributed by atoms with Crippen LogP contribution in [-0.4, -0.2) is 29.9 Å². The molecule has 0 spiro atoms. The number of anilines is 1. The van der Waals surface area contributed by atoms with E-state index in [2.05, 4.69) is 15.6 Å². The van der Waals surface area contributed by atoms with Crippen LogP contribution in [0.5, 0.6) is 0 Å². The Labute approximate surface area is 182 Å². The lowest BCUT2D eigenvalue weighted by Crippen LogP contribution is -2.38. The summed E-state index contributed by atoms with van der Waals surface area (Å²) in [6.07, 6.45) is 1.96. The van der Waals surface area contributed by atoms with Gasteiger partial charge in [0, 0.05) is 16.6 Å². The van der Waals surface area contributed by atoms with Gasteiger partial charge in [-0.15, -0.1) is 0 Å². The molecule has 1 aromatic heterocycles. The van der Waals surface area contributed by atoms with Crippen molar-refractivity contribution in [3.8, 4) is 0 Å². The highest BCUT2D eigenvalue weighted by Crippen LogP contribution is 2.40. The number of oxazole rings is 1. The van der Waals surface area contributed by atoms with E-state index in [0.29, 0.717) is 39.2 Å². The number of carbonyl (C=O) groups is 3. The summed E-state index contributed by atoms with van der Waals surface area (Å²) < 4.78 is 10.4. The van der Waals surface area contributed by atoms with E-state index >= 15 is 0 Å². The van der Waals surface area contributed by atoms with E-state index < -0.39 is 23.8 Å². The van der Waals surface area contributed by atoms with E-state index in [-0.39, 0.29) is 6.42 Å². The summed E-state index contributed by atoms with van der Waals surface area (Å²) in [5.74, 6) is -1.28. The Kier molecular flexibility index (Phi) is 5.90. The van der Waals surface area contributed by atoms with Crippen molar-refractivity contribution in [2.45, 2.75) is 31.2 Å². The van der Waals surface area contributed by atoms with E-state index in [0.717, 1.165) is 12.8 Å². The number of nitrogens with zero attached hydrogens (tertiary/aromatic N) is 1. The fraction of sp³-hybridized carbons (Fsp3) is 0.273. The van der Waals surface area contributed by atoms with E-state index in [1.807, 2.05) is 0 Å². The molecule has 9 heteroatoms. The number of halogens is 1. The second kappa shape index (κ2) is 8.77. The summed E-state index contributed by atoms with van der Waals surface area (Å²) in [5.41, 5.74) is 2.15. The normalized spacial score (nSPS) is 14.1. The van der Waals surface area contributed by atoms with Crippen molar-refractivity contribution in [2.24, 2.45) is 0 Å². The molecule has 2 N–H and O–H groups in total. The van der Waals surface area contributed by atoms with Crippen LogP contribution < -0.4 is 10.6 Å². The molecule has 2 amide bonds. The van der Waals surface area contributed by atoms with Crippen molar-refractivity contribution >= 4 is 46.2 Å². The minimum absolute atomic E-state index is 0.173. The second-order valence-electron chi connectivity index (χ2n) is 7.29. The van der Waals surface area contributed by atoms with Gasteiger partial charge in [0.2, 0.25) is 0 Å². The van der Waals surface area contributed by atoms with Crippen LogP contribution in [0, 0.1) is 0 Å². The average Bonchev–Trinajstić information content (AvgIpc) is 3.52. The lowest BCUT2D eigenvalue weighted by molar-refractivity contribution is -0.142. The molecule has 1 atom stereocenters. The van der Waals surface area contributed by atoms with Crippen LogP contribution in [-0.2, 0) is 19.1 Å². The van der Waals surface area contributed by atoms with Crippen molar-refractivity contribution < 1.29 is 23.5 Å². The molecule has 4 rings (SSSR count). The first-order valence-corrected chi connectivity index (χ1v) is 10.2. The minimum Gasteiger partial charge on any atom is -0.469 e. The first kappa shape index (κ1) is 20.9. The molecular weight excluding hydrogens is 422 g/mol. The number of methoxy groups -OCH3 is 1. The zero-order valence-electron chi connectivity index (χ0n) is 16.7. The lowest BCUT2D eigenvalue weighted by atomic mass is 10.0. The number of aromatic nitrogens is 1. The van der Waals surface area contributed by atoms with Crippen molar-refractivity contribution in [1.82, 2.24) is 10.3 Å². The molecule has 0 aliphatic heterocycles. The van der Waals surface area contributed by atoms with Crippen LogP contribution in [0.1, 0.15) is 42.7 Å². The van der Waals surface area contributed by atoms with E-state index in [9.17, 15) is 14.4 Å². The molecule has 1 heterocycles. The Bertz CT molecular complexity index is 1160. The second-order valence-corrected chi connectivity index (χ2v) is 7.70. The maximum absolute atomic E-state index is 12.5. The van der Waals surface area contributed by atoms with E-state index in [1.54, 1.807) is 42.5 Å². The number of esters is 1. The number of nitrogens with one attached hydrogen (secondary N) is 2. The summed E-state index contributed by atoms with van der Waals surface area (Å²) >= 11 is 6.20. The van der Waals surface area contributed by atoms with Gasteiger partial charge >= 0.3 is 17.8 Å². The topological polar surface area (TPSA) is 111 Å². The van der Waals surface area contributed by atoms with Gasteiger partial charge in [-0.05, 0) is 42.7 Å². The molecular formula is C22H20ClN3O5. The standard InChI is InChI=1S/C22H20ClN3O5/c1-30-19(27)11-16(14-4-2-3-5-15(14)23)25-21(29)20(28)24-13-8-9-18-17(10-13)26-22(31-18)12-6-7-12/h2-5,8-10,12,16H,6-7,11H2,1H3,(H,24,28)(H,25,29)/t16-/m1/s1. The van der Waals surface area contributed by atoms with Crippen LogP contribution in [0.2, 0.25) is 5.02 Å². The Morgan fingerprint density at radius 1 is 1.19 bits per heavy atom. The number of rotatable bonds is 6. The maximum Gasteiger partial charge on any atom is 0.313 e. The number of fused-ring (bicyclic) bond motifs is 1. The summed E-state index contributed by atoms with van der Waals surface area (Å²) in [5, 5.41) is 5.46. The molecule has 1 aliphatic rings. The molecule has 1 aliphatic carbocycles. The number of ether oxygens (including phenoxy) is 1. The number of carbonyl (C=O) groups excluding carboxylic acids is 3. The highest BCUT2D eigenvalue weighted by molar-refractivity contribution is 6.39. The van der Waals surface area contributed by atoms with Gasteiger partial charge in [-0.1, -0.05) is 29.8 Å². The van der Waals surface area contributed by atoms with E-state index in [1.165, 1.54) is 7.11 Å². The highest BCUT2D eigenvalue weighted by atomic mass is 35.5. The predicted octanol–water partition coefficient (Wildman–Crippen LogP) is 3.72. The highest BCUT2D eigenvalue weighted by Gasteiger charge is 2.29. The molecule has 0 radical (unpaired) electrons. The zero-order valence-corrected chi connectivity index (χ0v) is 17.4. The lowest BCUT2D eigenvalue weighted by Gasteiger charge is -2.19. The fourth-order valence-electron chi connectivity index (χ4n) is 3.19. The van der Waals surface area contributed by atoms with Crippen LogP contribution in [0.3, 0.4) is 0 Å². The molecule has 1 fully saturated rings. The fourth-order valence-corrected chi connectivity index (χ4v) is 3.45. The van der Waals surface area contributed by atoms with Gasteiger partial charge in [-0.2, -0.15) is 0 Å². The van der Waals surface area contributed by atoms with Crippen LogP contribution in [0.25, 0.3) is 11.1 Å². The third-order valence-electron chi connectivity index (χ3n) is 4.98. The smallest absolute Gasteiger partial charge is 0.313 e. The van der Waals surface area contributed by atoms with E-state index in [4.69, 9.17) is 20.8 Å². The Balaban J connectivity index is 1.46. The molecule has 0 unspecified atom stereocenters. The SMILES string of the molecule is COC(=O)C[C@@H](NC(=O)C(=O)Nc1ccc2oc(C3CC3)nc2c1)c1ccccc1Cl. The molecule has 1 saturated carbocycles. The van der Waals surface area contributed by atoms with Gasteiger partial charge in [0.1, 0.15) is 5.52 Å². The average molecular weight is 442 g/mol. The van der Waals surface area contributed by atoms with Gasteiger partial charge in [0.05, 0.1) is 19.6 Å². The first-order chi connectivity index (χ1) is 14.9. The number of hydrogen-bond acceptors (Lipinski definition) is 6. The van der Waals surface area contributed by atoms with Crippen LogP contribution in [0.15, 0.2) is 46.9 Å². The van der Waals surface area contributed by atoms with Gasteiger partial charge in [-0.25, -0.2) is 4.98 Å². The van der Waals surface area contributed by atoms with Crippen molar-refractivity contribution in [1.29, 1.82) is 0 Å². The Hall–Kier alpha value is -3.39. The molecule has 0 saturated heterocycles. The summed E-state index contributed by atoms with van der Waals surface area (Å²) in [6.45, 7) is 0. The molecule has 0 bridgehead atoms. The van der Waals surface area contributed by atoms with Crippen molar-refractivity contribution in [3.63, 3.8) is 0 Å². The van der Waals surface area contributed by atoms with Gasteiger partial charge in [-0.3, -0.25) is 14.4 Å². The number of benzene rings is 2. The first-order valence-electron chi connectivity index (χ1n) is 9.78. The summed E-state index contributed by atoms with van der Waals surface area (Å²) in [4.78, 5) is 41.2. The molecule has 8 nitrogen and oxygen atoms in total. The maximum atomic E-state index is 12.5. The molecule has 2 aromatic carbocycles. The molecule has 160 valence electrons. The van der Waals surface area contributed by atoms with Crippen LogP contribution in [0.4, 0.5) is 5.69 Å².